The zero-order chi connectivity index (χ0) is 13.8. The van der Waals surface area contributed by atoms with Crippen molar-refractivity contribution >= 4 is 0 Å². The smallest absolute Gasteiger partial charge is 0.0295 e. The second-order valence-corrected chi connectivity index (χ2v) is 5.39. The van der Waals surface area contributed by atoms with Crippen molar-refractivity contribution in [3.8, 4) is 0 Å². The van der Waals surface area contributed by atoms with Gasteiger partial charge < -0.3 is 5.32 Å². The van der Waals surface area contributed by atoms with Crippen molar-refractivity contribution in [2.24, 2.45) is 0 Å². The van der Waals surface area contributed by atoms with Crippen molar-refractivity contribution in [1.29, 1.82) is 0 Å². The highest BCUT2D eigenvalue weighted by Crippen LogP contribution is 2.17. The van der Waals surface area contributed by atoms with Crippen LogP contribution >= 0.6 is 0 Å². The maximum atomic E-state index is 3.62. The molecular weight excluding hydrogens is 230 g/mol. The van der Waals surface area contributed by atoms with Crippen molar-refractivity contribution in [2.75, 3.05) is 0 Å². The monoisotopic (exact) mass is 253 g/mol. The van der Waals surface area contributed by atoms with Gasteiger partial charge in [-0.1, -0.05) is 48.0 Å². The summed E-state index contributed by atoms with van der Waals surface area (Å²) < 4.78 is 0. The van der Waals surface area contributed by atoms with Gasteiger partial charge in [0.15, 0.2) is 0 Å². The summed E-state index contributed by atoms with van der Waals surface area (Å²) in [7, 11) is 0. The van der Waals surface area contributed by atoms with E-state index < -0.39 is 0 Å². The van der Waals surface area contributed by atoms with E-state index in [4.69, 9.17) is 0 Å². The molecule has 0 bridgehead atoms. The van der Waals surface area contributed by atoms with Gasteiger partial charge in [-0.25, -0.2) is 0 Å². The fourth-order valence-corrected chi connectivity index (χ4v) is 2.44. The molecule has 2 rings (SSSR count). The van der Waals surface area contributed by atoms with Crippen LogP contribution in [0, 0.1) is 20.8 Å². The summed E-state index contributed by atoms with van der Waals surface area (Å²) in [6.45, 7) is 9.65. The molecule has 0 radical (unpaired) electrons. The van der Waals surface area contributed by atoms with Gasteiger partial charge in [0.25, 0.3) is 0 Å². The largest absolute Gasteiger partial charge is 0.306 e. The third-order valence-corrected chi connectivity index (χ3v) is 3.77. The molecule has 0 saturated heterocycles. The molecule has 0 aliphatic heterocycles. The fourth-order valence-electron chi connectivity index (χ4n) is 2.44. The van der Waals surface area contributed by atoms with E-state index in [0.717, 1.165) is 6.54 Å². The van der Waals surface area contributed by atoms with E-state index >= 15 is 0 Å². The summed E-state index contributed by atoms with van der Waals surface area (Å²) >= 11 is 0. The van der Waals surface area contributed by atoms with Crippen LogP contribution in [0.15, 0.2) is 42.5 Å². The highest BCUT2D eigenvalue weighted by atomic mass is 14.9. The highest BCUT2D eigenvalue weighted by Gasteiger charge is 2.07. The molecule has 0 spiro atoms. The number of benzene rings is 2. The van der Waals surface area contributed by atoms with Gasteiger partial charge in [-0.2, -0.15) is 0 Å². The van der Waals surface area contributed by atoms with Crippen molar-refractivity contribution in [3.05, 3.63) is 70.3 Å². The second kappa shape index (κ2) is 6.03. The van der Waals surface area contributed by atoms with Crippen LogP contribution in [0.2, 0.25) is 0 Å². The van der Waals surface area contributed by atoms with Crippen molar-refractivity contribution in [2.45, 2.75) is 40.3 Å². The van der Waals surface area contributed by atoms with Crippen LogP contribution in [-0.2, 0) is 6.54 Å². The summed E-state index contributed by atoms with van der Waals surface area (Å²) in [5.74, 6) is 0. The molecule has 1 atom stereocenters. The number of aryl methyl sites for hydroxylation is 3. The Balaban J connectivity index is 2.06. The first-order chi connectivity index (χ1) is 9.08. The lowest BCUT2D eigenvalue weighted by Gasteiger charge is -2.17. The molecule has 0 amide bonds. The number of hydrogen-bond donors (Lipinski definition) is 1. The minimum absolute atomic E-state index is 0.374. The van der Waals surface area contributed by atoms with Crippen molar-refractivity contribution in [3.63, 3.8) is 0 Å². The molecule has 2 aromatic rings. The predicted molar refractivity (Wildman–Crippen MR) is 82.3 cm³/mol. The molecule has 19 heavy (non-hydrogen) atoms. The second-order valence-electron chi connectivity index (χ2n) is 5.39. The molecule has 100 valence electrons. The molecule has 1 nitrogen and oxygen atoms in total. The Hall–Kier alpha value is -1.60. The van der Waals surface area contributed by atoms with Crippen molar-refractivity contribution in [1.82, 2.24) is 5.32 Å². The number of hydrogen-bond acceptors (Lipinski definition) is 1. The van der Waals surface area contributed by atoms with Crippen LogP contribution in [0.1, 0.15) is 40.8 Å². The first kappa shape index (κ1) is 13.8. The lowest BCUT2D eigenvalue weighted by atomic mass is 10.0. The van der Waals surface area contributed by atoms with Gasteiger partial charge in [-0.15, -0.1) is 0 Å². The van der Waals surface area contributed by atoms with Crippen LogP contribution in [0.5, 0.6) is 0 Å². The average Bonchev–Trinajstić information content (AvgIpc) is 2.38. The quantitative estimate of drug-likeness (QED) is 0.848. The number of rotatable bonds is 4. The lowest BCUT2D eigenvalue weighted by Crippen LogP contribution is -2.19. The van der Waals surface area contributed by atoms with Gasteiger partial charge in [-0.05, 0) is 49.9 Å². The van der Waals surface area contributed by atoms with Crippen LogP contribution in [0.4, 0.5) is 0 Å². The third kappa shape index (κ3) is 3.45. The van der Waals surface area contributed by atoms with Crippen molar-refractivity contribution < 1.29 is 0 Å². The Labute approximate surface area is 116 Å². The van der Waals surface area contributed by atoms with E-state index in [1.165, 1.54) is 27.8 Å². The van der Waals surface area contributed by atoms with E-state index in [-0.39, 0.29) is 0 Å². The first-order valence-electron chi connectivity index (χ1n) is 6.93. The van der Waals surface area contributed by atoms with E-state index in [1.807, 2.05) is 0 Å². The minimum atomic E-state index is 0.374. The third-order valence-electron chi connectivity index (χ3n) is 3.77. The molecule has 0 unspecified atom stereocenters. The van der Waals surface area contributed by atoms with Gasteiger partial charge in [-0.3, -0.25) is 0 Å². The average molecular weight is 253 g/mol. The molecule has 0 saturated carbocycles. The SMILES string of the molecule is Cc1cccc([C@H](C)NCc2c(C)cccc2C)c1. The summed E-state index contributed by atoms with van der Waals surface area (Å²) in [5, 5.41) is 3.62. The zero-order valence-corrected chi connectivity index (χ0v) is 12.3. The Morgan fingerprint density at radius 1 is 0.947 bits per heavy atom. The molecule has 1 N–H and O–H groups in total. The Bertz CT molecular complexity index is 537. The van der Waals surface area contributed by atoms with Crippen LogP contribution in [0.3, 0.4) is 0 Å². The van der Waals surface area contributed by atoms with E-state index in [9.17, 15) is 0 Å². The Kier molecular flexibility index (Phi) is 4.39. The van der Waals surface area contributed by atoms with E-state index in [2.05, 4.69) is 75.5 Å². The van der Waals surface area contributed by atoms with Gasteiger partial charge in [0.1, 0.15) is 0 Å². The summed E-state index contributed by atoms with van der Waals surface area (Å²) in [5.41, 5.74) is 6.82. The maximum Gasteiger partial charge on any atom is 0.0295 e. The van der Waals surface area contributed by atoms with E-state index in [0.29, 0.717) is 6.04 Å². The van der Waals surface area contributed by atoms with Gasteiger partial charge in [0.2, 0.25) is 0 Å². The first-order valence-corrected chi connectivity index (χ1v) is 6.93. The topological polar surface area (TPSA) is 12.0 Å². The standard InChI is InChI=1S/C18H23N/c1-13-7-5-10-17(11-13)16(4)19-12-18-14(2)8-6-9-15(18)3/h5-11,16,19H,12H2,1-4H3/t16-/m0/s1. The molecule has 2 aromatic carbocycles. The minimum Gasteiger partial charge on any atom is -0.306 e. The Morgan fingerprint density at radius 3 is 2.21 bits per heavy atom. The summed E-state index contributed by atoms with van der Waals surface area (Å²) in [6.07, 6.45) is 0. The molecule has 0 heterocycles. The van der Waals surface area contributed by atoms with Gasteiger partial charge in [0.05, 0.1) is 0 Å². The van der Waals surface area contributed by atoms with Crippen LogP contribution in [0.25, 0.3) is 0 Å². The molecular formula is C18H23N. The zero-order valence-electron chi connectivity index (χ0n) is 12.3. The summed E-state index contributed by atoms with van der Waals surface area (Å²) in [4.78, 5) is 0. The maximum absolute atomic E-state index is 3.62. The number of nitrogens with one attached hydrogen (secondary N) is 1. The fraction of sp³-hybridized carbons (Fsp3) is 0.333. The van der Waals surface area contributed by atoms with Crippen LogP contribution in [-0.4, -0.2) is 0 Å². The van der Waals surface area contributed by atoms with Gasteiger partial charge in [0, 0.05) is 12.6 Å². The predicted octanol–water partition coefficient (Wildman–Crippen LogP) is 4.46. The molecule has 0 aromatic heterocycles. The van der Waals surface area contributed by atoms with E-state index in [1.54, 1.807) is 0 Å². The molecule has 1 heteroatoms. The van der Waals surface area contributed by atoms with Gasteiger partial charge >= 0.3 is 0 Å². The molecule has 0 aliphatic rings. The normalized spacial score (nSPS) is 12.4. The summed E-state index contributed by atoms with van der Waals surface area (Å²) in [6, 6.07) is 15.6. The van der Waals surface area contributed by atoms with Crippen LogP contribution < -0.4 is 5.32 Å². The lowest BCUT2D eigenvalue weighted by molar-refractivity contribution is 0.572. The Morgan fingerprint density at radius 2 is 1.58 bits per heavy atom. The highest BCUT2D eigenvalue weighted by molar-refractivity contribution is 5.33. The molecule has 0 fully saturated rings. The molecule has 0 aliphatic carbocycles.